The van der Waals surface area contributed by atoms with Crippen LogP contribution in [-0.2, 0) is 0 Å². The Balaban J connectivity index is 1.64. The van der Waals surface area contributed by atoms with Crippen LogP contribution in [0.1, 0.15) is 24.8 Å². The fourth-order valence-electron chi connectivity index (χ4n) is 3.24. The van der Waals surface area contributed by atoms with E-state index in [1.807, 2.05) is 19.1 Å². The average Bonchev–Trinajstić information content (AvgIpc) is 2.55. The SMILES string of the molecule is Cc1cc(=O)oc2cc(OCCN3CCCC[C@@H]3CO)ccc12. The summed E-state index contributed by atoms with van der Waals surface area (Å²) >= 11 is 0. The van der Waals surface area contributed by atoms with E-state index in [0.29, 0.717) is 17.9 Å². The Morgan fingerprint density at radius 2 is 2.22 bits per heavy atom. The number of rotatable bonds is 5. The molecule has 2 heterocycles. The lowest BCUT2D eigenvalue weighted by Gasteiger charge is -2.34. The largest absolute Gasteiger partial charge is 0.492 e. The molecule has 1 aliphatic heterocycles. The lowest BCUT2D eigenvalue weighted by atomic mass is 10.0. The monoisotopic (exact) mass is 317 g/mol. The van der Waals surface area contributed by atoms with Crippen LogP contribution in [0.2, 0.25) is 0 Å². The lowest BCUT2D eigenvalue weighted by molar-refractivity contribution is 0.0773. The van der Waals surface area contributed by atoms with Crippen molar-refractivity contribution < 1.29 is 14.3 Å². The Morgan fingerprint density at radius 3 is 3.04 bits per heavy atom. The van der Waals surface area contributed by atoms with Gasteiger partial charge in [-0.25, -0.2) is 4.79 Å². The average molecular weight is 317 g/mol. The first-order valence-corrected chi connectivity index (χ1v) is 8.19. The molecule has 1 atom stereocenters. The zero-order valence-electron chi connectivity index (χ0n) is 13.5. The minimum atomic E-state index is -0.341. The first-order valence-electron chi connectivity index (χ1n) is 8.19. The smallest absolute Gasteiger partial charge is 0.336 e. The maximum atomic E-state index is 11.5. The van der Waals surface area contributed by atoms with Gasteiger partial charge in [-0.05, 0) is 44.0 Å². The van der Waals surface area contributed by atoms with Gasteiger partial charge in [-0.2, -0.15) is 0 Å². The molecule has 1 N–H and O–H groups in total. The number of fused-ring (bicyclic) bond motifs is 1. The third-order valence-corrected chi connectivity index (χ3v) is 4.53. The molecule has 0 unspecified atom stereocenters. The van der Waals surface area contributed by atoms with Crippen LogP contribution in [0, 0.1) is 6.92 Å². The summed E-state index contributed by atoms with van der Waals surface area (Å²) in [6.07, 6.45) is 3.42. The second-order valence-corrected chi connectivity index (χ2v) is 6.12. The highest BCUT2D eigenvalue weighted by molar-refractivity contribution is 5.81. The van der Waals surface area contributed by atoms with Crippen LogP contribution in [0.25, 0.3) is 11.0 Å². The molecule has 1 aliphatic rings. The standard InChI is InChI=1S/C18H23NO4/c1-13-10-18(21)23-17-11-15(5-6-16(13)17)22-9-8-19-7-3-2-4-14(19)12-20/h5-6,10-11,14,20H,2-4,7-9,12H2,1H3/t14-/m1/s1. The Morgan fingerprint density at radius 1 is 1.35 bits per heavy atom. The van der Waals surface area contributed by atoms with Crippen molar-refractivity contribution in [2.75, 3.05) is 26.3 Å². The highest BCUT2D eigenvalue weighted by Crippen LogP contribution is 2.22. The number of likely N-dealkylation sites (tertiary alicyclic amines) is 1. The van der Waals surface area contributed by atoms with Crippen LogP contribution in [0.5, 0.6) is 5.75 Å². The third kappa shape index (κ3) is 3.74. The molecule has 0 amide bonds. The molecule has 0 saturated carbocycles. The molecular formula is C18H23NO4. The zero-order valence-corrected chi connectivity index (χ0v) is 13.5. The van der Waals surface area contributed by atoms with Crippen LogP contribution < -0.4 is 10.4 Å². The van der Waals surface area contributed by atoms with Crippen molar-refractivity contribution in [3.05, 3.63) is 40.2 Å². The normalized spacial score (nSPS) is 19.1. The summed E-state index contributed by atoms with van der Waals surface area (Å²) in [7, 11) is 0. The maximum Gasteiger partial charge on any atom is 0.336 e. The fraction of sp³-hybridized carbons (Fsp3) is 0.500. The Hall–Kier alpha value is -1.85. The van der Waals surface area contributed by atoms with Gasteiger partial charge in [0.2, 0.25) is 0 Å². The lowest BCUT2D eigenvalue weighted by Crippen LogP contribution is -2.43. The molecule has 1 aromatic carbocycles. The van der Waals surface area contributed by atoms with Crippen LogP contribution in [0.4, 0.5) is 0 Å². The van der Waals surface area contributed by atoms with Crippen LogP contribution in [0.15, 0.2) is 33.5 Å². The Labute approximate surface area is 135 Å². The molecule has 3 rings (SSSR count). The molecule has 5 heteroatoms. The second kappa shape index (κ2) is 7.15. The molecule has 1 aromatic heterocycles. The third-order valence-electron chi connectivity index (χ3n) is 4.53. The predicted molar refractivity (Wildman–Crippen MR) is 89.0 cm³/mol. The topological polar surface area (TPSA) is 62.9 Å². The molecular weight excluding hydrogens is 294 g/mol. The number of nitrogens with zero attached hydrogens (tertiary/aromatic N) is 1. The first kappa shape index (κ1) is 16.0. The van der Waals surface area contributed by atoms with Gasteiger partial charge in [0.15, 0.2) is 0 Å². The van der Waals surface area contributed by atoms with Gasteiger partial charge in [0.05, 0.1) is 6.61 Å². The summed E-state index contributed by atoms with van der Waals surface area (Å²) in [6, 6.07) is 7.33. The van der Waals surface area contributed by atoms with Crippen molar-refractivity contribution in [1.29, 1.82) is 0 Å². The van der Waals surface area contributed by atoms with Gasteiger partial charge in [0.1, 0.15) is 17.9 Å². The molecule has 0 radical (unpaired) electrons. The van der Waals surface area contributed by atoms with Crippen LogP contribution in [-0.4, -0.2) is 42.4 Å². The predicted octanol–water partition coefficient (Wildman–Crippen LogP) is 2.33. The van der Waals surface area contributed by atoms with E-state index < -0.39 is 0 Å². The molecule has 1 saturated heterocycles. The number of aryl methyl sites for hydroxylation is 1. The maximum absolute atomic E-state index is 11.5. The minimum Gasteiger partial charge on any atom is -0.492 e. The first-order chi connectivity index (χ1) is 11.2. The van der Waals surface area contributed by atoms with E-state index in [1.54, 1.807) is 6.07 Å². The van der Waals surface area contributed by atoms with Gasteiger partial charge < -0.3 is 14.3 Å². The van der Waals surface area contributed by atoms with E-state index in [1.165, 1.54) is 18.9 Å². The van der Waals surface area contributed by atoms with Crippen LogP contribution in [0.3, 0.4) is 0 Å². The number of ether oxygens (including phenoxy) is 1. The molecule has 1 fully saturated rings. The van der Waals surface area contributed by atoms with Crippen molar-refractivity contribution in [3.63, 3.8) is 0 Å². The van der Waals surface area contributed by atoms with Crippen molar-refractivity contribution in [1.82, 2.24) is 4.90 Å². The molecule has 0 bridgehead atoms. The summed E-state index contributed by atoms with van der Waals surface area (Å²) in [5.41, 5.74) is 1.12. The zero-order chi connectivity index (χ0) is 16.2. The highest BCUT2D eigenvalue weighted by atomic mass is 16.5. The van der Waals surface area contributed by atoms with Crippen molar-refractivity contribution in [2.24, 2.45) is 0 Å². The summed E-state index contributed by atoms with van der Waals surface area (Å²) < 4.78 is 11.0. The quantitative estimate of drug-likeness (QED) is 0.858. The van der Waals surface area contributed by atoms with Gasteiger partial charge in [0, 0.05) is 30.1 Å². The summed E-state index contributed by atoms with van der Waals surface area (Å²) in [5.74, 6) is 0.698. The van der Waals surface area contributed by atoms with Gasteiger partial charge in [-0.3, -0.25) is 4.90 Å². The minimum absolute atomic E-state index is 0.209. The number of hydrogen-bond donors (Lipinski definition) is 1. The van der Waals surface area contributed by atoms with Crippen molar-refractivity contribution in [3.8, 4) is 5.75 Å². The molecule has 0 aliphatic carbocycles. The van der Waals surface area contributed by atoms with E-state index in [2.05, 4.69) is 4.90 Å². The van der Waals surface area contributed by atoms with Gasteiger partial charge in [-0.1, -0.05) is 6.42 Å². The number of hydrogen-bond acceptors (Lipinski definition) is 5. The molecule has 23 heavy (non-hydrogen) atoms. The highest BCUT2D eigenvalue weighted by Gasteiger charge is 2.21. The Kier molecular flexibility index (Phi) is 4.98. The number of piperidine rings is 1. The van der Waals surface area contributed by atoms with E-state index in [4.69, 9.17) is 9.15 Å². The fourth-order valence-corrected chi connectivity index (χ4v) is 3.24. The van der Waals surface area contributed by atoms with E-state index in [-0.39, 0.29) is 18.3 Å². The van der Waals surface area contributed by atoms with Crippen molar-refractivity contribution >= 4 is 11.0 Å². The van der Waals surface area contributed by atoms with Crippen molar-refractivity contribution in [2.45, 2.75) is 32.2 Å². The number of aliphatic hydroxyl groups excluding tert-OH is 1. The van der Waals surface area contributed by atoms with E-state index >= 15 is 0 Å². The second-order valence-electron chi connectivity index (χ2n) is 6.12. The molecule has 124 valence electrons. The van der Waals surface area contributed by atoms with Crippen LogP contribution >= 0.6 is 0 Å². The van der Waals surface area contributed by atoms with Gasteiger partial charge in [-0.15, -0.1) is 0 Å². The Bertz CT molecular complexity index is 725. The summed E-state index contributed by atoms with van der Waals surface area (Å²) in [5, 5.41) is 10.3. The molecule has 5 nitrogen and oxygen atoms in total. The summed E-state index contributed by atoms with van der Waals surface area (Å²) in [4.78, 5) is 13.8. The van der Waals surface area contributed by atoms with E-state index in [0.717, 1.165) is 30.5 Å². The van der Waals surface area contributed by atoms with Gasteiger partial charge >= 0.3 is 5.63 Å². The van der Waals surface area contributed by atoms with E-state index in [9.17, 15) is 9.90 Å². The molecule has 2 aromatic rings. The number of aliphatic hydroxyl groups is 1. The van der Waals surface area contributed by atoms with Gasteiger partial charge in [0.25, 0.3) is 0 Å². The summed E-state index contributed by atoms with van der Waals surface area (Å²) in [6.45, 7) is 4.46. The number of benzene rings is 1. The molecule has 0 spiro atoms.